The zero-order valence-electron chi connectivity index (χ0n) is 6.52. The summed E-state index contributed by atoms with van der Waals surface area (Å²) in [7, 11) is 0. The van der Waals surface area contributed by atoms with Crippen LogP contribution in [0.25, 0.3) is 0 Å². The first-order chi connectivity index (χ1) is 6.68. The van der Waals surface area contributed by atoms with Gasteiger partial charge in [0.15, 0.2) is 23.3 Å². The van der Waals surface area contributed by atoms with E-state index >= 15 is 0 Å². The van der Waals surface area contributed by atoms with E-state index in [0.717, 1.165) is 0 Å². The Morgan fingerprint density at radius 2 is 0.933 bits per heavy atom. The van der Waals surface area contributed by atoms with Crippen LogP contribution in [-0.2, 0) is 4.59 Å². The van der Waals surface area contributed by atoms with Crippen molar-refractivity contribution < 1.29 is 26.3 Å². The molecule has 0 aliphatic carbocycles. The summed E-state index contributed by atoms with van der Waals surface area (Å²) in [6, 6.07) is 0. The van der Waals surface area contributed by atoms with E-state index in [9.17, 15) is 26.3 Å². The second-order valence-electron chi connectivity index (χ2n) is 2.44. The van der Waals surface area contributed by atoms with Crippen molar-refractivity contribution >= 4 is 23.2 Å². The standard InChI is InChI=1S/C7Cl2F6/c8-7(9,15)1-2(10)4(12)6(14)5(13)3(1)11. The van der Waals surface area contributed by atoms with E-state index in [1.165, 1.54) is 0 Å². The van der Waals surface area contributed by atoms with E-state index in [4.69, 9.17) is 0 Å². The molecule has 0 saturated heterocycles. The molecule has 0 saturated carbocycles. The van der Waals surface area contributed by atoms with Gasteiger partial charge in [0.1, 0.15) is 0 Å². The van der Waals surface area contributed by atoms with E-state index in [0.29, 0.717) is 0 Å². The first-order valence-electron chi connectivity index (χ1n) is 3.26. The van der Waals surface area contributed by atoms with Crippen LogP contribution in [0.2, 0.25) is 0 Å². The summed E-state index contributed by atoms with van der Waals surface area (Å²) >= 11 is 9.26. The zero-order chi connectivity index (χ0) is 12.0. The van der Waals surface area contributed by atoms with Crippen molar-refractivity contribution in [1.29, 1.82) is 0 Å². The highest BCUT2D eigenvalue weighted by Crippen LogP contribution is 2.40. The van der Waals surface area contributed by atoms with E-state index in [2.05, 4.69) is 23.2 Å². The Balaban J connectivity index is 3.68. The topological polar surface area (TPSA) is 0 Å². The summed E-state index contributed by atoms with van der Waals surface area (Å²) in [5.74, 6) is -11.8. The van der Waals surface area contributed by atoms with Crippen LogP contribution in [0.1, 0.15) is 5.56 Å². The lowest BCUT2D eigenvalue weighted by molar-refractivity contribution is 0.327. The smallest absolute Gasteiger partial charge is 0.203 e. The fourth-order valence-electron chi connectivity index (χ4n) is 0.854. The quantitative estimate of drug-likeness (QED) is 0.313. The third kappa shape index (κ3) is 2.01. The summed E-state index contributed by atoms with van der Waals surface area (Å²) in [6.07, 6.45) is 0. The maximum Gasteiger partial charge on any atom is 0.289 e. The molecule has 0 aliphatic rings. The van der Waals surface area contributed by atoms with Gasteiger partial charge in [-0.25, -0.2) is 26.3 Å². The predicted octanol–water partition coefficient (Wildman–Crippen LogP) is 3.94. The third-order valence-corrected chi connectivity index (χ3v) is 1.87. The molecule has 0 nitrogen and oxygen atoms in total. The van der Waals surface area contributed by atoms with Crippen molar-refractivity contribution in [3.05, 3.63) is 34.6 Å². The van der Waals surface area contributed by atoms with Crippen LogP contribution in [0.3, 0.4) is 0 Å². The van der Waals surface area contributed by atoms with Gasteiger partial charge in [0, 0.05) is 0 Å². The number of rotatable bonds is 1. The minimum Gasteiger partial charge on any atom is -0.203 e. The van der Waals surface area contributed by atoms with Crippen LogP contribution < -0.4 is 0 Å². The average molecular weight is 269 g/mol. The van der Waals surface area contributed by atoms with E-state index < -0.39 is 39.2 Å². The monoisotopic (exact) mass is 268 g/mol. The highest BCUT2D eigenvalue weighted by atomic mass is 35.5. The first kappa shape index (κ1) is 12.4. The van der Waals surface area contributed by atoms with Crippen molar-refractivity contribution in [1.82, 2.24) is 0 Å². The Labute approximate surface area is 89.4 Å². The van der Waals surface area contributed by atoms with Gasteiger partial charge in [-0.3, -0.25) is 0 Å². The Bertz CT molecular complexity index is 382. The molecule has 0 radical (unpaired) electrons. The second kappa shape index (κ2) is 3.75. The average Bonchev–Trinajstić information content (AvgIpc) is 2.09. The molecular weight excluding hydrogens is 269 g/mol. The highest BCUT2D eigenvalue weighted by molar-refractivity contribution is 6.46. The minimum absolute atomic E-state index is 1.93. The zero-order valence-corrected chi connectivity index (χ0v) is 8.04. The molecule has 84 valence electrons. The van der Waals surface area contributed by atoms with Gasteiger partial charge in [-0.05, 0) is 0 Å². The molecule has 0 bridgehead atoms. The maximum atomic E-state index is 12.8. The molecule has 8 heteroatoms. The lowest BCUT2D eigenvalue weighted by Crippen LogP contribution is -2.14. The Kier molecular flexibility index (Phi) is 3.11. The van der Waals surface area contributed by atoms with Crippen LogP contribution in [0.15, 0.2) is 0 Å². The van der Waals surface area contributed by atoms with E-state index in [1.807, 2.05) is 0 Å². The van der Waals surface area contributed by atoms with Crippen LogP contribution in [0.5, 0.6) is 0 Å². The third-order valence-electron chi connectivity index (χ3n) is 1.49. The number of benzene rings is 1. The van der Waals surface area contributed by atoms with Crippen molar-refractivity contribution in [3.8, 4) is 0 Å². The van der Waals surface area contributed by atoms with Crippen LogP contribution >= 0.6 is 23.2 Å². The number of halogens is 8. The van der Waals surface area contributed by atoms with Gasteiger partial charge in [-0.15, -0.1) is 0 Å². The summed E-state index contributed by atoms with van der Waals surface area (Å²) in [6.45, 7) is 0. The number of alkyl halides is 3. The molecule has 0 amide bonds. The fourth-order valence-corrected chi connectivity index (χ4v) is 1.19. The lowest BCUT2D eigenvalue weighted by Gasteiger charge is -2.13. The largest absolute Gasteiger partial charge is 0.289 e. The van der Waals surface area contributed by atoms with Crippen LogP contribution in [-0.4, -0.2) is 0 Å². The Hall–Kier alpha value is -0.620. The van der Waals surface area contributed by atoms with Crippen molar-refractivity contribution in [3.63, 3.8) is 0 Å². The molecule has 0 atom stereocenters. The van der Waals surface area contributed by atoms with Crippen LogP contribution in [0, 0.1) is 29.1 Å². The summed E-state index contributed by atoms with van der Waals surface area (Å²) in [5.41, 5.74) is -1.93. The molecule has 0 aromatic heterocycles. The lowest BCUT2D eigenvalue weighted by atomic mass is 10.2. The van der Waals surface area contributed by atoms with Gasteiger partial charge in [-0.2, -0.15) is 0 Å². The van der Waals surface area contributed by atoms with Gasteiger partial charge in [0.25, 0.3) is 4.59 Å². The van der Waals surface area contributed by atoms with E-state index in [1.54, 1.807) is 0 Å². The Morgan fingerprint density at radius 1 is 0.667 bits per heavy atom. The van der Waals surface area contributed by atoms with E-state index in [-0.39, 0.29) is 0 Å². The molecule has 0 aliphatic heterocycles. The predicted molar refractivity (Wildman–Crippen MR) is 40.7 cm³/mol. The second-order valence-corrected chi connectivity index (χ2v) is 3.68. The first-order valence-corrected chi connectivity index (χ1v) is 4.02. The Morgan fingerprint density at radius 3 is 1.20 bits per heavy atom. The molecule has 1 aromatic carbocycles. The van der Waals surface area contributed by atoms with Gasteiger partial charge < -0.3 is 0 Å². The van der Waals surface area contributed by atoms with Crippen LogP contribution in [0.4, 0.5) is 26.3 Å². The molecular formula is C7Cl2F6. The SMILES string of the molecule is Fc1c(F)c(F)c(C(F)(Cl)Cl)c(F)c1F. The molecule has 0 heterocycles. The molecule has 0 N–H and O–H groups in total. The highest BCUT2D eigenvalue weighted by Gasteiger charge is 2.38. The van der Waals surface area contributed by atoms with Gasteiger partial charge in [-0.1, -0.05) is 23.2 Å². The molecule has 0 fully saturated rings. The van der Waals surface area contributed by atoms with Crippen molar-refractivity contribution in [2.45, 2.75) is 4.59 Å². The minimum atomic E-state index is -3.70. The molecule has 0 unspecified atom stereocenters. The maximum absolute atomic E-state index is 12.8. The summed E-state index contributed by atoms with van der Waals surface area (Å²) in [5, 5.41) is 0. The molecule has 15 heavy (non-hydrogen) atoms. The van der Waals surface area contributed by atoms with Crippen molar-refractivity contribution in [2.75, 3.05) is 0 Å². The molecule has 0 spiro atoms. The normalized spacial score (nSPS) is 12.0. The summed E-state index contributed by atoms with van der Waals surface area (Å²) < 4.78 is 72.0. The molecule has 1 rings (SSSR count). The number of hydrogen-bond donors (Lipinski definition) is 0. The van der Waals surface area contributed by atoms with Gasteiger partial charge in [0.2, 0.25) is 5.82 Å². The summed E-state index contributed by atoms with van der Waals surface area (Å²) in [4.78, 5) is 0. The van der Waals surface area contributed by atoms with Crippen molar-refractivity contribution in [2.24, 2.45) is 0 Å². The fraction of sp³-hybridized carbons (Fsp3) is 0.143. The van der Waals surface area contributed by atoms with Gasteiger partial charge >= 0.3 is 0 Å². The molecule has 1 aromatic rings. The van der Waals surface area contributed by atoms with Gasteiger partial charge in [0.05, 0.1) is 5.56 Å². The number of hydrogen-bond acceptors (Lipinski definition) is 0.